The topological polar surface area (TPSA) is 99.0 Å². The maximum atomic E-state index is 12.6. The molecule has 3 aromatic rings. The smallest absolute Gasteiger partial charge is 0.266 e. The van der Waals surface area contributed by atoms with Crippen LogP contribution in [0.3, 0.4) is 0 Å². The summed E-state index contributed by atoms with van der Waals surface area (Å²) in [6.07, 6.45) is 1.49. The molecule has 0 saturated carbocycles. The lowest BCUT2D eigenvalue weighted by Crippen LogP contribution is -2.13. The first-order valence-electron chi connectivity index (χ1n) is 10.9. The van der Waals surface area contributed by atoms with E-state index >= 15 is 0 Å². The van der Waals surface area contributed by atoms with Crippen molar-refractivity contribution in [1.29, 1.82) is 5.26 Å². The van der Waals surface area contributed by atoms with Crippen LogP contribution in [0.1, 0.15) is 18.1 Å². The highest BCUT2D eigenvalue weighted by atomic mass is 16.7. The monoisotopic (exact) mass is 472 g/mol. The van der Waals surface area contributed by atoms with Gasteiger partial charge in [-0.25, -0.2) is 0 Å². The van der Waals surface area contributed by atoms with Gasteiger partial charge in [0.2, 0.25) is 6.79 Å². The van der Waals surface area contributed by atoms with Gasteiger partial charge in [0.25, 0.3) is 5.91 Å². The van der Waals surface area contributed by atoms with Crippen LogP contribution in [0.4, 0.5) is 5.69 Å². The molecular formula is C27H24N2O6. The van der Waals surface area contributed by atoms with E-state index in [0.29, 0.717) is 53.2 Å². The molecule has 1 aliphatic rings. The summed E-state index contributed by atoms with van der Waals surface area (Å²) in [6.45, 7) is 2.97. The molecule has 8 nitrogen and oxygen atoms in total. The zero-order chi connectivity index (χ0) is 24.6. The minimum absolute atomic E-state index is 0.0463. The van der Waals surface area contributed by atoms with Crippen LogP contribution >= 0.6 is 0 Å². The minimum atomic E-state index is -0.515. The fourth-order valence-electron chi connectivity index (χ4n) is 3.40. The molecule has 178 valence electrons. The maximum absolute atomic E-state index is 12.6. The summed E-state index contributed by atoms with van der Waals surface area (Å²) in [5.74, 6) is 2.59. The number of rotatable bonds is 9. The average Bonchev–Trinajstić information content (AvgIpc) is 3.35. The largest absolute Gasteiger partial charge is 0.494 e. The van der Waals surface area contributed by atoms with Crippen molar-refractivity contribution in [3.63, 3.8) is 0 Å². The molecule has 8 heteroatoms. The summed E-state index contributed by atoms with van der Waals surface area (Å²) in [4.78, 5) is 12.6. The van der Waals surface area contributed by atoms with Crippen LogP contribution in [0.25, 0.3) is 6.08 Å². The minimum Gasteiger partial charge on any atom is -0.494 e. The summed E-state index contributed by atoms with van der Waals surface area (Å²) in [7, 11) is 1.53. The molecule has 0 bridgehead atoms. The standard InChI is InChI=1S/C27H24N2O6/c1-3-32-22-8-6-21(7-9-22)29-27(30)20(15-28)12-18-4-10-23(25(13-18)31-2)33-16-19-5-11-24-26(14-19)35-17-34-24/h4-14H,3,16-17H2,1-2H3,(H,29,30)/b20-12-. The van der Waals surface area contributed by atoms with E-state index in [-0.39, 0.29) is 12.4 Å². The highest BCUT2D eigenvalue weighted by molar-refractivity contribution is 6.09. The van der Waals surface area contributed by atoms with E-state index in [1.807, 2.05) is 31.2 Å². The fourth-order valence-corrected chi connectivity index (χ4v) is 3.40. The second-order valence-corrected chi connectivity index (χ2v) is 7.47. The lowest BCUT2D eigenvalue weighted by atomic mass is 10.1. The van der Waals surface area contributed by atoms with Gasteiger partial charge in [-0.15, -0.1) is 0 Å². The van der Waals surface area contributed by atoms with E-state index in [1.165, 1.54) is 13.2 Å². The number of anilines is 1. The van der Waals surface area contributed by atoms with Gasteiger partial charge in [0.1, 0.15) is 24.0 Å². The molecule has 1 aliphatic heterocycles. The Kier molecular flexibility index (Phi) is 7.38. The van der Waals surface area contributed by atoms with Crippen molar-refractivity contribution >= 4 is 17.7 Å². The molecule has 0 aromatic heterocycles. The third-order valence-corrected chi connectivity index (χ3v) is 5.12. The van der Waals surface area contributed by atoms with Crippen LogP contribution < -0.4 is 29.0 Å². The number of hydrogen-bond acceptors (Lipinski definition) is 7. The SMILES string of the molecule is CCOc1ccc(NC(=O)/C(C#N)=C\c2ccc(OCc3ccc4c(c3)OCO4)c(OC)c2)cc1. The molecule has 0 atom stereocenters. The summed E-state index contributed by atoms with van der Waals surface area (Å²) in [5.41, 5.74) is 2.05. The van der Waals surface area contributed by atoms with Crippen LogP contribution in [0.5, 0.6) is 28.7 Å². The van der Waals surface area contributed by atoms with Crippen molar-refractivity contribution in [3.05, 3.63) is 77.4 Å². The lowest BCUT2D eigenvalue weighted by Gasteiger charge is -2.12. The fraction of sp³-hybridized carbons (Fsp3) is 0.185. The first-order valence-corrected chi connectivity index (χ1v) is 10.9. The van der Waals surface area contributed by atoms with Crippen molar-refractivity contribution in [2.75, 3.05) is 25.8 Å². The number of methoxy groups -OCH3 is 1. The predicted molar refractivity (Wildman–Crippen MR) is 130 cm³/mol. The van der Waals surface area contributed by atoms with Gasteiger partial charge >= 0.3 is 0 Å². The Bertz CT molecular complexity index is 1280. The number of fused-ring (bicyclic) bond motifs is 1. The Morgan fingerprint density at radius 1 is 1.03 bits per heavy atom. The van der Waals surface area contributed by atoms with Gasteiger partial charge in [-0.1, -0.05) is 12.1 Å². The third-order valence-electron chi connectivity index (χ3n) is 5.12. The summed E-state index contributed by atoms with van der Waals surface area (Å²) in [5, 5.41) is 12.3. The summed E-state index contributed by atoms with van der Waals surface area (Å²) < 4.78 is 27.5. The number of nitrogens with one attached hydrogen (secondary N) is 1. The zero-order valence-electron chi connectivity index (χ0n) is 19.4. The lowest BCUT2D eigenvalue weighted by molar-refractivity contribution is -0.112. The van der Waals surface area contributed by atoms with Gasteiger partial charge in [-0.3, -0.25) is 4.79 Å². The highest BCUT2D eigenvalue weighted by Crippen LogP contribution is 2.34. The summed E-state index contributed by atoms with van der Waals surface area (Å²) in [6, 6.07) is 19.7. The third kappa shape index (κ3) is 5.84. The Labute approximate surface area is 203 Å². The van der Waals surface area contributed by atoms with Crippen LogP contribution in [-0.2, 0) is 11.4 Å². The van der Waals surface area contributed by atoms with Gasteiger partial charge < -0.3 is 29.0 Å². The number of nitrogens with zero attached hydrogens (tertiary/aromatic N) is 1. The quantitative estimate of drug-likeness (QED) is 0.348. The van der Waals surface area contributed by atoms with E-state index < -0.39 is 5.91 Å². The number of hydrogen-bond donors (Lipinski definition) is 1. The maximum Gasteiger partial charge on any atom is 0.266 e. The van der Waals surface area contributed by atoms with Gasteiger partial charge in [-0.05, 0) is 72.7 Å². The number of nitriles is 1. The number of amides is 1. The molecule has 35 heavy (non-hydrogen) atoms. The van der Waals surface area contributed by atoms with Crippen LogP contribution in [0.15, 0.2) is 66.2 Å². The molecule has 1 N–H and O–H groups in total. The zero-order valence-corrected chi connectivity index (χ0v) is 19.4. The van der Waals surface area contributed by atoms with Crippen molar-refractivity contribution in [2.45, 2.75) is 13.5 Å². The van der Waals surface area contributed by atoms with Gasteiger partial charge in [0, 0.05) is 5.69 Å². The molecule has 0 fully saturated rings. The predicted octanol–water partition coefficient (Wildman–Crippen LogP) is 4.95. The number of carbonyl (C=O) groups excluding carboxylic acids is 1. The Hall–Kier alpha value is -4.64. The molecular weight excluding hydrogens is 448 g/mol. The van der Waals surface area contributed by atoms with E-state index in [4.69, 9.17) is 23.7 Å². The molecule has 0 radical (unpaired) electrons. The van der Waals surface area contributed by atoms with Crippen molar-refractivity contribution < 1.29 is 28.5 Å². The van der Waals surface area contributed by atoms with E-state index in [0.717, 1.165) is 5.56 Å². The van der Waals surface area contributed by atoms with Gasteiger partial charge in [0.05, 0.1) is 13.7 Å². The van der Waals surface area contributed by atoms with Crippen molar-refractivity contribution in [3.8, 4) is 34.8 Å². The van der Waals surface area contributed by atoms with Crippen molar-refractivity contribution in [1.82, 2.24) is 0 Å². The Balaban J connectivity index is 1.44. The molecule has 3 aromatic carbocycles. The Morgan fingerprint density at radius 3 is 2.57 bits per heavy atom. The molecule has 0 saturated heterocycles. The van der Waals surface area contributed by atoms with Gasteiger partial charge in [0.15, 0.2) is 23.0 Å². The van der Waals surface area contributed by atoms with Crippen molar-refractivity contribution in [2.24, 2.45) is 0 Å². The van der Waals surface area contributed by atoms with E-state index in [1.54, 1.807) is 42.5 Å². The molecule has 4 rings (SSSR count). The molecule has 1 amide bonds. The molecule has 0 unspecified atom stereocenters. The first-order chi connectivity index (χ1) is 17.1. The second kappa shape index (κ2) is 11.0. The average molecular weight is 472 g/mol. The first kappa shape index (κ1) is 23.5. The number of benzene rings is 3. The van der Waals surface area contributed by atoms with E-state index in [2.05, 4.69) is 5.32 Å². The van der Waals surface area contributed by atoms with E-state index in [9.17, 15) is 10.1 Å². The molecule has 0 spiro atoms. The second-order valence-electron chi connectivity index (χ2n) is 7.47. The molecule has 1 heterocycles. The van der Waals surface area contributed by atoms with Crippen LogP contribution in [0, 0.1) is 11.3 Å². The number of ether oxygens (including phenoxy) is 5. The summed E-state index contributed by atoms with van der Waals surface area (Å²) >= 11 is 0. The normalized spacial score (nSPS) is 12.0. The molecule has 0 aliphatic carbocycles. The van der Waals surface area contributed by atoms with Crippen LogP contribution in [0.2, 0.25) is 0 Å². The van der Waals surface area contributed by atoms with Crippen LogP contribution in [-0.4, -0.2) is 26.4 Å². The Morgan fingerprint density at radius 2 is 1.83 bits per heavy atom. The number of carbonyl (C=O) groups is 1. The van der Waals surface area contributed by atoms with Gasteiger partial charge in [-0.2, -0.15) is 5.26 Å². The highest BCUT2D eigenvalue weighted by Gasteiger charge is 2.15.